The first-order valence-corrected chi connectivity index (χ1v) is 8.52. The Bertz CT molecular complexity index is 610. The molecule has 0 radical (unpaired) electrons. The maximum absolute atomic E-state index is 12.5. The number of fused-ring (bicyclic) bond motifs is 1. The van der Waals surface area contributed by atoms with Crippen molar-refractivity contribution in [3.8, 4) is 0 Å². The highest BCUT2D eigenvalue weighted by Crippen LogP contribution is 2.51. The number of benzene rings is 1. The van der Waals surface area contributed by atoms with Crippen LogP contribution in [0.2, 0.25) is 0 Å². The zero-order valence-corrected chi connectivity index (χ0v) is 13.1. The molecule has 1 saturated carbocycles. The number of rotatable bonds is 3. The van der Waals surface area contributed by atoms with E-state index in [1.165, 1.54) is 24.9 Å². The largest absolute Gasteiger partial charge is 0.481 e. The highest BCUT2D eigenvalue weighted by atomic mass is 16.4. The van der Waals surface area contributed by atoms with Crippen molar-refractivity contribution in [2.75, 3.05) is 31.1 Å². The van der Waals surface area contributed by atoms with Crippen LogP contribution in [0.15, 0.2) is 24.3 Å². The van der Waals surface area contributed by atoms with Gasteiger partial charge >= 0.3 is 5.97 Å². The van der Waals surface area contributed by atoms with E-state index in [0.29, 0.717) is 18.7 Å². The standard InChI is InChI=1S/C18H22N2O3/c21-17(20-10-14-15(11-20)16(14)18(22)23)12-4-6-13(7-5-12)19-8-2-1-3-9-19/h4-7,14-16H,1-3,8-11H2,(H,22,23)/t14-,15+,16?. The minimum Gasteiger partial charge on any atom is -0.481 e. The molecule has 1 aliphatic carbocycles. The Morgan fingerprint density at radius 2 is 1.57 bits per heavy atom. The molecule has 5 nitrogen and oxygen atoms in total. The lowest BCUT2D eigenvalue weighted by molar-refractivity contribution is -0.139. The molecule has 2 saturated heterocycles. The smallest absolute Gasteiger partial charge is 0.307 e. The maximum Gasteiger partial charge on any atom is 0.307 e. The quantitative estimate of drug-likeness (QED) is 0.928. The van der Waals surface area contributed by atoms with Crippen molar-refractivity contribution in [3.63, 3.8) is 0 Å². The second-order valence-electron chi connectivity index (χ2n) is 7.00. The van der Waals surface area contributed by atoms with E-state index >= 15 is 0 Å². The number of carbonyl (C=O) groups excluding carboxylic acids is 1. The molecular formula is C18H22N2O3. The van der Waals surface area contributed by atoms with Gasteiger partial charge in [0.05, 0.1) is 5.92 Å². The number of carboxylic acid groups (broad SMARTS) is 1. The summed E-state index contributed by atoms with van der Waals surface area (Å²) in [5.74, 6) is -0.557. The fourth-order valence-electron chi connectivity index (χ4n) is 4.21. The molecule has 0 bridgehead atoms. The van der Waals surface area contributed by atoms with Crippen LogP contribution in [-0.4, -0.2) is 48.1 Å². The van der Waals surface area contributed by atoms with Gasteiger partial charge in [-0.05, 0) is 55.4 Å². The summed E-state index contributed by atoms with van der Waals surface area (Å²) < 4.78 is 0. The summed E-state index contributed by atoms with van der Waals surface area (Å²) in [4.78, 5) is 27.7. The minimum atomic E-state index is -0.710. The molecule has 5 heteroatoms. The average molecular weight is 314 g/mol. The van der Waals surface area contributed by atoms with Crippen molar-refractivity contribution in [3.05, 3.63) is 29.8 Å². The number of nitrogens with zero attached hydrogens (tertiary/aromatic N) is 2. The summed E-state index contributed by atoms with van der Waals surface area (Å²) in [6.45, 7) is 3.38. The predicted octanol–water partition coefficient (Wildman–Crippen LogP) is 2.08. The summed E-state index contributed by atoms with van der Waals surface area (Å²) >= 11 is 0. The van der Waals surface area contributed by atoms with E-state index in [2.05, 4.69) is 4.90 Å². The van der Waals surface area contributed by atoms with Gasteiger partial charge in [-0.2, -0.15) is 0 Å². The van der Waals surface area contributed by atoms with Crippen LogP contribution in [0.1, 0.15) is 29.6 Å². The van der Waals surface area contributed by atoms with Crippen LogP contribution in [0.25, 0.3) is 0 Å². The van der Waals surface area contributed by atoms with Crippen molar-refractivity contribution in [1.82, 2.24) is 4.90 Å². The Balaban J connectivity index is 1.39. The summed E-state index contributed by atoms with van der Waals surface area (Å²) in [6, 6.07) is 7.89. The first kappa shape index (κ1) is 14.5. The van der Waals surface area contributed by atoms with Gasteiger partial charge in [-0.3, -0.25) is 9.59 Å². The fraction of sp³-hybridized carbons (Fsp3) is 0.556. The third-order valence-electron chi connectivity index (χ3n) is 5.60. The molecule has 1 unspecified atom stereocenters. The molecule has 3 atom stereocenters. The SMILES string of the molecule is O=C(O)C1[C@H]2CN(C(=O)c3ccc(N4CCCCC4)cc3)C[C@@H]12. The van der Waals surface area contributed by atoms with Crippen molar-refractivity contribution in [1.29, 1.82) is 0 Å². The number of amides is 1. The van der Waals surface area contributed by atoms with Crippen molar-refractivity contribution in [2.24, 2.45) is 17.8 Å². The topological polar surface area (TPSA) is 60.9 Å². The number of piperidine rings is 2. The first-order chi connectivity index (χ1) is 11.1. The Kier molecular flexibility index (Phi) is 3.51. The fourth-order valence-corrected chi connectivity index (χ4v) is 4.21. The predicted molar refractivity (Wildman–Crippen MR) is 86.5 cm³/mol. The molecular weight excluding hydrogens is 292 g/mol. The molecule has 3 aliphatic rings. The molecule has 0 aromatic heterocycles. The second kappa shape index (κ2) is 5.55. The third-order valence-corrected chi connectivity index (χ3v) is 5.60. The van der Waals surface area contributed by atoms with Gasteiger partial charge in [0.15, 0.2) is 0 Å². The Labute approximate surface area is 135 Å². The van der Waals surface area contributed by atoms with E-state index in [9.17, 15) is 9.59 Å². The van der Waals surface area contributed by atoms with E-state index in [1.807, 2.05) is 29.2 Å². The average Bonchev–Trinajstić information content (AvgIpc) is 3.11. The van der Waals surface area contributed by atoms with Crippen molar-refractivity contribution < 1.29 is 14.7 Å². The van der Waals surface area contributed by atoms with Crippen LogP contribution in [0, 0.1) is 17.8 Å². The van der Waals surface area contributed by atoms with E-state index < -0.39 is 5.97 Å². The van der Waals surface area contributed by atoms with E-state index in [-0.39, 0.29) is 23.7 Å². The van der Waals surface area contributed by atoms with E-state index in [1.54, 1.807) is 0 Å². The van der Waals surface area contributed by atoms with Crippen LogP contribution in [0.5, 0.6) is 0 Å². The number of anilines is 1. The minimum absolute atomic E-state index is 0.0338. The Morgan fingerprint density at radius 1 is 0.957 bits per heavy atom. The molecule has 1 aromatic carbocycles. The van der Waals surface area contributed by atoms with Gasteiger partial charge in [0.25, 0.3) is 5.91 Å². The lowest BCUT2D eigenvalue weighted by atomic mass is 10.1. The van der Waals surface area contributed by atoms with Crippen LogP contribution < -0.4 is 4.90 Å². The number of likely N-dealkylation sites (tertiary alicyclic amines) is 1. The zero-order valence-electron chi connectivity index (χ0n) is 13.1. The lowest BCUT2D eigenvalue weighted by Gasteiger charge is -2.29. The molecule has 1 N–H and O–H groups in total. The summed E-state index contributed by atoms with van der Waals surface area (Å²) in [6.07, 6.45) is 3.78. The number of hydrogen-bond acceptors (Lipinski definition) is 3. The summed E-state index contributed by atoms with van der Waals surface area (Å²) in [7, 11) is 0. The van der Waals surface area contributed by atoms with Gasteiger partial charge in [0.2, 0.25) is 0 Å². The van der Waals surface area contributed by atoms with Crippen LogP contribution in [-0.2, 0) is 4.79 Å². The number of carbonyl (C=O) groups is 2. The molecule has 1 aromatic rings. The number of hydrogen-bond donors (Lipinski definition) is 1. The third kappa shape index (κ3) is 2.58. The monoisotopic (exact) mass is 314 g/mol. The van der Waals surface area contributed by atoms with Gasteiger partial charge < -0.3 is 14.9 Å². The molecule has 4 rings (SSSR count). The van der Waals surface area contributed by atoms with E-state index in [4.69, 9.17) is 5.11 Å². The van der Waals surface area contributed by atoms with Crippen LogP contribution in [0.4, 0.5) is 5.69 Å². The highest BCUT2D eigenvalue weighted by molar-refractivity contribution is 5.95. The number of carboxylic acids is 1. The molecule has 3 fully saturated rings. The van der Waals surface area contributed by atoms with Crippen LogP contribution >= 0.6 is 0 Å². The summed E-state index contributed by atoms with van der Waals surface area (Å²) in [5, 5.41) is 9.05. The lowest BCUT2D eigenvalue weighted by Crippen LogP contribution is -2.32. The Morgan fingerprint density at radius 3 is 2.13 bits per heavy atom. The van der Waals surface area contributed by atoms with Crippen LogP contribution in [0.3, 0.4) is 0 Å². The zero-order chi connectivity index (χ0) is 16.0. The molecule has 1 amide bonds. The van der Waals surface area contributed by atoms with Crippen molar-refractivity contribution >= 4 is 17.6 Å². The summed E-state index contributed by atoms with van der Waals surface area (Å²) in [5.41, 5.74) is 1.90. The molecule has 122 valence electrons. The normalized spacial score (nSPS) is 29.3. The molecule has 0 spiro atoms. The van der Waals surface area contributed by atoms with Gasteiger partial charge in [0, 0.05) is 37.4 Å². The maximum atomic E-state index is 12.5. The first-order valence-electron chi connectivity index (χ1n) is 8.52. The van der Waals surface area contributed by atoms with Crippen molar-refractivity contribution in [2.45, 2.75) is 19.3 Å². The molecule has 2 aliphatic heterocycles. The molecule has 23 heavy (non-hydrogen) atoms. The second-order valence-corrected chi connectivity index (χ2v) is 7.00. The van der Waals surface area contributed by atoms with Gasteiger partial charge in [-0.1, -0.05) is 0 Å². The van der Waals surface area contributed by atoms with Gasteiger partial charge in [0.1, 0.15) is 0 Å². The van der Waals surface area contributed by atoms with E-state index in [0.717, 1.165) is 13.1 Å². The number of aliphatic carboxylic acids is 1. The van der Waals surface area contributed by atoms with Gasteiger partial charge in [-0.25, -0.2) is 0 Å². The van der Waals surface area contributed by atoms with Gasteiger partial charge in [-0.15, -0.1) is 0 Å². The molecule has 2 heterocycles. The highest BCUT2D eigenvalue weighted by Gasteiger charge is 2.60. The Hall–Kier alpha value is -2.04.